The lowest BCUT2D eigenvalue weighted by molar-refractivity contribution is 0.0348. The molecule has 0 atom stereocenters. The molecule has 4 rings (SSSR count). The quantitative estimate of drug-likeness (QED) is 0.280. The highest BCUT2D eigenvalue weighted by Crippen LogP contribution is 2.45. The van der Waals surface area contributed by atoms with Crippen molar-refractivity contribution < 1.29 is 4.74 Å². The Morgan fingerprint density at radius 3 is 2.19 bits per heavy atom. The van der Waals surface area contributed by atoms with Gasteiger partial charge in [0.2, 0.25) is 0 Å². The molecule has 0 radical (unpaired) electrons. The zero-order chi connectivity index (χ0) is 25.5. The number of anilines is 1. The fraction of sp³-hybridized carbons (Fsp3) is 0.188. The van der Waals surface area contributed by atoms with Crippen molar-refractivity contribution in [3.8, 4) is 6.07 Å². The van der Waals surface area contributed by atoms with Crippen LogP contribution in [0.4, 0.5) is 5.69 Å². The number of allylic oxidation sites excluding steroid dienone is 3. The second-order valence-electron chi connectivity index (χ2n) is 8.95. The SMILES string of the molecule is [C-]#[N+]C(C#N)=C1C=C(C=Cc2ccc(N(C)C)c(CC)c2)OC(c2ccccc2)(c2ccccc2)C1. The van der Waals surface area contributed by atoms with Crippen molar-refractivity contribution in [2.24, 2.45) is 0 Å². The van der Waals surface area contributed by atoms with Gasteiger partial charge < -0.3 is 9.64 Å². The number of hydrogen-bond donors (Lipinski definition) is 0. The molecule has 0 fully saturated rings. The average molecular weight is 472 g/mol. The van der Waals surface area contributed by atoms with Gasteiger partial charge in [-0.05, 0) is 47.4 Å². The normalized spacial score (nSPS) is 15.9. The van der Waals surface area contributed by atoms with Crippen molar-refractivity contribution in [3.63, 3.8) is 0 Å². The Morgan fingerprint density at radius 2 is 1.67 bits per heavy atom. The molecule has 0 unspecified atom stereocenters. The summed E-state index contributed by atoms with van der Waals surface area (Å²) < 4.78 is 6.78. The molecule has 3 aromatic rings. The molecule has 0 saturated carbocycles. The number of nitrogens with zero attached hydrogens (tertiary/aromatic N) is 3. The molecule has 4 heteroatoms. The van der Waals surface area contributed by atoms with E-state index < -0.39 is 5.60 Å². The predicted molar refractivity (Wildman–Crippen MR) is 146 cm³/mol. The molecule has 178 valence electrons. The molecule has 0 aliphatic carbocycles. The van der Waals surface area contributed by atoms with E-state index in [1.54, 1.807) is 0 Å². The Morgan fingerprint density at radius 1 is 1.03 bits per heavy atom. The highest BCUT2D eigenvalue weighted by molar-refractivity contribution is 5.62. The van der Waals surface area contributed by atoms with Gasteiger partial charge >= 0.3 is 0 Å². The molecule has 0 spiro atoms. The Balaban J connectivity index is 1.84. The molecular weight excluding hydrogens is 442 g/mol. The minimum atomic E-state index is -0.859. The molecule has 3 aromatic carbocycles. The molecule has 0 saturated heterocycles. The number of hydrogen-bond acceptors (Lipinski definition) is 3. The van der Waals surface area contributed by atoms with Crippen LogP contribution in [0.15, 0.2) is 108 Å². The Labute approximate surface area is 213 Å². The van der Waals surface area contributed by atoms with E-state index in [9.17, 15) is 5.26 Å². The van der Waals surface area contributed by atoms with Gasteiger partial charge in [0, 0.05) is 37.3 Å². The molecule has 0 bridgehead atoms. The maximum atomic E-state index is 9.70. The van der Waals surface area contributed by atoms with Gasteiger partial charge in [-0.2, -0.15) is 0 Å². The maximum Gasteiger partial charge on any atom is 0.265 e. The van der Waals surface area contributed by atoms with E-state index in [4.69, 9.17) is 11.3 Å². The summed E-state index contributed by atoms with van der Waals surface area (Å²) in [5, 5.41) is 9.70. The second-order valence-corrected chi connectivity index (χ2v) is 8.95. The van der Waals surface area contributed by atoms with Crippen molar-refractivity contribution >= 4 is 11.8 Å². The van der Waals surface area contributed by atoms with E-state index >= 15 is 0 Å². The summed E-state index contributed by atoms with van der Waals surface area (Å²) in [7, 11) is 4.10. The van der Waals surface area contributed by atoms with Gasteiger partial charge in [0.15, 0.2) is 5.60 Å². The molecule has 1 heterocycles. The predicted octanol–water partition coefficient (Wildman–Crippen LogP) is 7.27. The number of rotatable bonds is 6. The highest BCUT2D eigenvalue weighted by atomic mass is 16.5. The third kappa shape index (κ3) is 4.95. The molecule has 1 aliphatic heterocycles. The fourth-order valence-corrected chi connectivity index (χ4v) is 4.67. The molecular formula is C32H29N3O. The number of aryl methyl sites for hydroxylation is 1. The van der Waals surface area contributed by atoms with E-state index in [1.165, 1.54) is 11.3 Å². The minimum Gasteiger partial charge on any atom is -0.478 e. The lowest BCUT2D eigenvalue weighted by Crippen LogP contribution is -2.34. The van der Waals surface area contributed by atoms with Crippen LogP contribution in [0.25, 0.3) is 10.9 Å². The van der Waals surface area contributed by atoms with Gasteiger partial charge in [0.1, 0.15) is 5.76 Å². The summed E-state index contributed by atoms with van der Waals surface area (Å²) in [6, 6.07) is 28.5. The summed E-state index contributed by atoms with van der Waals surface area (Å²) in [6.07, 6.45) is 7.11. The lowest BCUT2D eigenvalue weighted by Gasteiger charge is -2.39. The van der Waals surface area contributed by atoms with Crippen LogP contribution in [0.5, 0.6) is 0 Å². The first-order valence-electron chi connectivity index (χ1n) is 12.0. The second kappa shape index (κ2) is 10.8. The van der Waals surface area contributed by atoms with Gasteiger partial charge in [-0.15, -0.1) is 0 Å². The zero-order valence-corrected chi connectivity index (χ0v) is 20.9. The third-order valence-corrected chi connectivity index (χ3v) is 6.46. The topological polar surface area (TPSA) is 40.6 Å². The molecule has 0 amide bonds. The molecule has 36 heavy (non-hydrogen) atoms. The van der Waals surface area contributed by atoms with Crippen molar-refractivity contribution in [2.45, 2.75) is 25.4 Å². The Hall–Kier alpha value is -4.54. The van der Waals surface area contributed by atoms with Crippen LogP contribution in [0.3, 0.4) is 0 Å². The fourth-order valence-electron chi connectivity index (χ4n) is 4.67. The summed E-state index contributed by atoms with van der Waals surface area (Å²) in [5.41, 5.74) is 5.38. The van der Waals surface area contributed by atoms with E-state index in [1.807, 2.05) is 78.9 Å². The largest absolute Gasteiger partial charge is 0.478 e. The van der Waals surface area contributed by atoms with Crippen molar-refractivity contribution in [1.82, 2.24) is 0 Å². The first-order chi connectivity index (χ1) is 17.5. The van der Waals surface area contributed by atoms with Crippen molar-refractivity contribution in [3.05, 3.63) is 142 Å². The van der Waals surface area contributed by atoms with Crippen LogP contribution in [0, 0.1) is 17.9 Å². The van der Waals surface area contributed by atoms with Gasteiger partial charge in [-0.1, -0.05) is 79.7 Å². The first-order valence-corrected chi connectivity index (χ1v) is 12.0. The van der Waals surface area contributed by atoms with Gasteiger partial charge in [0.05, 0.1) is 12.6 Å². The monoisotopic (exact) mass is 471 g/mol. The minimum absolute atomic E-state index is 0.0871. The molecule has 0 aromatic heterocycles. The molecule has 1 aliphatic rings. The van der Waals surface area contributed by atoms with E-state index in [2.05, 4.69) is 55.0 Å². The Bertz CT molecular complexity index is 1350. The first kappa shape index (κ1) is 24.6. The zero-order valence-electron chi connectivity index (χ0n) is 20.9. The van der Waals surface area contributed by atoms with Crippen LogP contribution in [0.1, 0.15) is 35.6 Å². The number of benzene rings is 3. The maximum absolute atomic E-state index is 9.70. The van der Waals surface area contributed by atoms with Crippen LogP contribution < -0.4 is 4.90 Å². The van der Waals surface area contributed by atoms with Crippen molar-refractivity contribution in [1.29, 1.82) is 5.26 Å². The van der Waals surface area contributed by atoms with Gasteiger partial charge in [-0.25, -0.2) is 10.1 Å². The van der Waals surface area contributed by atoms with Crippen molar-refractivity contribution in [2.75, 3.05) is 19.0 Å². The van der Waals surface area contributed by atoms with Gasteiger partial charge in [-0.3, -0.25) is 0 Å². The van der Waals surface area contributed by atoms with Crippen LogP contribution in [-0.2, 0) is 16.8 Å². The third-order valence-electron chi connectivity index (χ3n) is 6.46. The average Bonchev–Trinajstić information content (AvgIpc) is 2.93. The molecule has 0 N–H and O–H groups in total. The molecule has 4 nitrogen and oxygen atoms in total. The lowest BCUT2D eigenvalue weighted by atomic mass is 9.79. The summed E-state index contributed by atoms with van der Waals surface area (Å²) in [5.74, 6) is 0.607. The summed E-state index contributed by atoms with van der Waals surface area (Å²) >= 11 is 0. The van der Waals surface area contributed by atoms with Crippen LogP contribution in [0.2, 0.25) is 0 Å². The number of nitriles is 1. The van der Waals surface area contributed by atoms with Crippen LogP contribution in [-0.4, -0.2) is 14.1 Å². The van der Waals surface area contributed by atoms with E-state index in [0.717, 1.165) is 23.1 Å². The summed E-state index contributed by atoms with van der Waals surface area (Å²) in [6.45, 7) is 9.74. The smallest absolute Gasteiger partial charge is 0.265 e. The van der Waals surface area contributed by atoms with Crippen LogP contribution >= 0.6 is 0 Å². The highest BCUT2D eigenvalue weighted by Gasteiger charge is 2.40. The van der Waals surface area contributed by atoms with E-state index in [-0.39, 0.29) is 5.70 Å². The standard InChI is InChI=1S/C32H29N3O/c1-5-25-20-24(17-19-31(25)35(3)4)16-18-29-21-26(30(23-33)34-2)22-32(36-29,27-12-8-6-9-13-27)28-14-10-7-11-15-28/h6-21H,5,22H2,1,3-4H3. The number of ether oxygens (including phenoxy) is 1. The summed E-state index contributed by atoms with van der Waals surface area (Å²) in [4.78, 5) is 5.65. The van der Waals surface area contributed by atoms with E-state index in [0.29, 0.717) is 17.8 Å². The van der Waals surface area contributed by atoms with Gasteiger partial charge in [0.25, 0.3) is 5.70 Å². The Kier molecular flexibility index (Phi) is 7.38.